The summed E-state index contributed by atoms with van der Waals surface area (Å²) >= 11 is 0. The van der Waals surface area contributed by atoms with E-state index in [4.69, 9.17) is 0 Å². The van der Waals surface area contributed by atoms with Gasteiger partial charge in [0.15, 0.2) is 9.84 Å². The van der Waals surface area contributed by atoms with E-state index in [0.717, 1.165) is 48.5 Å². The summed E-state index contributed by atoms with van der Waals surface area (Å²) in [7, 11) is -3.82. The number of hydrogen-bond donors (Lipinski definition) is 4. The number of amides is 2. The monoisotopic (exact) mass is 645 g/mol. The fourth-order valence-corrected chi connectivity index (χ4v) is 7.55. The van der Waals surface area contributed by atoms with Gasteiger partial charge in [-0.05, 0) is 71.3 Å². The van der Waals surface area contributed by atoms with Crippen molar-refractivity contribution in [3.8, 4) is 0 Å². The molecule has 0 spiro atoms. The van der Waals surface area contributed by atoms with Gasteiger partial charge in [-0.25, -0.2) is 13.2 Å². The predicted octanol–water partition coefficient (Wildman–Crippen LogP) is 2.42. The van der Waals surface area contributed by atoms with Gasteiger partial charge >= 0.3 is 5.69 Å². The maximum atomic E-state index is 14.1. The molecule has 2 heterocycles. The molecule has 1 aliphatic carbocycles. The van der Waals surface area contributed by atoms with Crippen molar-refractivity contribution in [1.29, 1.82) is 0 Å². The van der Waals surface area contributed by atoms with Crippen molar-refractivity contribution in [2.24, 2.45) is 11.8 Å². The number of fused-ring (bicyclic) bond motifs is 1. The minimum Gasteiger partial charge on any atom is -0.390 e. The fraction of sp³-hybridized carbons (Fsp3) is 0.667. The van der Waals surface area contributed by atoms with Crippen LogP contribution in [0.4, 0.5) is 0 Å². The number of aromatic nitrogens is 2. The van der Waals surface area contributed by atoms with Crippen LogP contribution in [0.15, 0.2) is 47.5 Å². The Morgan fingerprint density at radius 3 is 2.29 bits per heavy atom. The highest BCUT2D eigenvalue weighted by atomic mass is 32.2. The van der Waals surface area contributed by atoms with E-state index in [1.165, 1.54) is 26.2 Å². The Morgan fingerprint density at radius 1 is 1.07 bits per heavy atom. The average Bonchev–Trinajstić information content (AvgIpc) is 3.36. The summed E-state index contributed by atoms with van der Waals surface area (Å²) in [6, 6.07) is 6.76. The second kappa shape index (κ2) is 13.8. The number of carbonyl (C=O) groups is 2. The first-order valence-corrected chi connectivity index (χ1v) is 17.9. The summed E-state index contributed by atoms with van der Waals surface area (Å²) in [6.45, 7) is 9.51. The van der Waals surface area contributed by atoms with Crippen molar-refractivity contribution in [3.05, 3.63) is 58.8 Å². The molecule has 4 rings (SSSR count). The van der Waals surface area contributed by atoms with E-state index >= 15 is 0 Å². The third-order valence-electron chi connectivity index (χ3n) is 9.63. The van der Waals surface area contributed by atoms with Crippen LogP contribution in [0.5, 0.6) is 0 Å². The minimum absolute atomic E-state index is 0.0656. The third-order valence-corrected chi connectivity index (χ3v) is 11.8. The number of rotatable bonds is 11. The number of aliphatic hydroxyl groups excluding tert-OH is 1. The van der Waals surface area contributed by atoms with Gasteiger partial charge in [-0.15, -0.1) is 0 Å². The zero-order valence-electron chi connectivity index (χ0n) is 27.5. The summed E-state index contributed by atoms with van der Waals surface area (Å²) in [5.74, 6) is 0.137. The Morgan fingerprint density at radius 2 is 1.71 bits per heavy atom. The van der Waals surface area contributed by atoms with Crippen LogP contribution in [0.25, 0.3) is 0 Å². The van der Waals surface area contributed by atoms with Crippen LogP contribution in [-0.4, -0.2) is 87.6 Å². The Hall–Kier alpha value is -2.96. The van der Waals surface area contributed by atoms with Gasteiger partial charge in [-0.3, -0.25) is 19.1 Å². The van der Waals surface area contributed by atoms with Crippen molar-refractivity contribution in [2.45, 2.75) is 108 Å². The van der Waals surface area contributed by atoms with E-state index in [-0.39, 0.29) is 18.9 Å². The van der Waals surface area contributed by atoms with Gasteiger partial charge in [0.2, 0.25) is 11.8 Å². The number of nitrogens with one attached hydrogen (secondary N) is 3. The zero-order valence-corrected chi connectivity index (χ0v) is 28.3. The Kier molecular flexibility index (Phi) is 10.7. The molecule has 250 valence electrons. The molecular formula is C33H51N5O6S. The van der Waals surface area contributed by atoms with Gasteiger partial charge in [0, 0.05) is 37.3 Å². The maximum Gasteiger partial charge on any atom is 0.326 e. The maximum absolute atomic E-state index is 14.1. The van der Waals surface area contributed by atoms with Gasteiger partial charge in [-0.1, -0.05) is 49.6 Å². The molecule has 6 atom stereocenters. The lowest BCUT2D eigenvalue weighted by molar-refractivity contribution is -0.133. The molecule has 2 aliphatic rings. The molecule has 1 aliphatic heterocycles. The molecule has 2 amide bonds. The standard InChI is InChI=1S/C33H51N5O6S/c1-32(2,3)36-29(40)26-19-23-14-10-11-15-24(23)20-37(26)21-27(39)25(18-22-12-8-7-9-13-22)35-30(41)28(33(4,5)45(6,43)44)38-17-16-34-31(38)42/h7-9,12-13,16-17,23-28,39H,10-11,14-15,18-21H2,1-6H3,(H,34,42)(H,35,41)(H,36,40)/t23-,24+,25-,26-,27+,28+/m0/s1. The first-order chi connectivity index (χ1) is 21.0. The van der Waals surface area contributed by atoms with E-state index in [1.807, 2.05) is 51.1 Å². The number of β-amino-alcohol motifs (C(OH)–C–C–N with tert-alkyl or cyclic N) is 1. The molecule has 12 heteroatoms. The van der Waals surface area contributed by atoms with Crippen molar-refractivity contribution in [1.82, 2.24) is 25.1 Å². The van der Waals surface area contributed by atoms with E-state index in [0.29, 0.717) is 18.4 Å². The largest absolute Gasteiger partial charge is 0.390 e. The van der Waals surface area contributed by atoms with Crippen LogP contribution >= 0.6 is 0 Å². The summed E-state index contributed by atoms with van der Waals surface area (Å²) in [5, 5.41) is 17.9. The minimum atomic E-state index is -3.82. The summed E-state index contributed by atoms with van der Waals surface area (Å²) in [5.41, 5.74) is -0.158. The predicted molar refractivity (Wildman–Crippen MR) is 174 cm³/mol. The number of benzene rings is 1. The number of H-pyrrole nitrogens is 1. The lowest BCUT2D eigenvalue weighted by atomic mass is 9.72. The number of piperidine rings is 1. The van der Waals surface area contributed by atoms with Crippen molar-refractivity contribution in [3.63, 3.8) is 0 Å². The topological polar surface area (TPSA) is 154 Å². The number of carbonyl (C=O) groups excluding carboxylic acids is 2. The first-order valence-electron chi connectivity index (χ1n) is 16.0. The molecular weight excluding hydrogens is 594 g/mol. The molecule has 1 aromatic carbocycles. The van der Waals surface area contributed by atoms with Crippen molar-refractivity contribution >= 4 is 21.7 Å². The SMILES string of the molecule is CC(C)(C)NC(=O)[C@@H]1C[C@@H]2CCCC[C@@H]2CN1C[C@@H](O)[C@H](Cc1ccccc1)NC(=O)[C@@H](n1cc[nH]c1=O)C(C)(C)S(C)(=O)=O. The van der Waals surface area contributed by atoms with Crippen LogP contribution in [0.1, 0.15) is 78.3 Å². The van der Waals surface area contributed by atoms with Crippen LogP contribution in [0, 0.1) is 11.8 Å². The molecule has 4 N–H and O–H groups in total. The van der Waals surface area contributed by atoms with Gasteiger partial charge in [0.05, 0.1) is 22.9 Å². The van der Waals surface area contributed by atoms with Gasteiger partial charge in [-0.2, -0.15) is 0 Å². The summed E-state index contributed by atoms with van der Waals surface area (Å²) in [4.78, 5) is 44.9. The fourth-order valence-electron chi connectivity index (χ4n) is 6.92. The Bertz CT molecular complexity index is 1480. The molecule has 0 bridgehead atoms. The number of hydrogen-bond acceptors (Lipinski definition) is 7. The molecule has 1 aromatic heterocycles. The van der Waals surface area contributed by atoms with Crippen molar-refractivity contribution < 1.29 is 23.1 Å². The Balaban J connectivity index is 1.65. The van der Waals surface area contributed by atoms with E-state index in [9.17, 15) is 27.9 Å². The number of aliphatic hydroxyl groups is 1. The van der Waals surface area contributed by atoms with E-state index in [1.54, 1.807) is 0 Å². The molecule has 0 radical (unpaired) electrons. The second-order valence-corrected chi connectivity index (χ2v) is 17.2. The van der Waals surface area contributed by atoms with E-state index < -0.39 is 55.9 Å². The average molecular weight is 646 g/mol. The van der Waals surface area contributed by atoms with Crippen LogP contribution in [0.3, 0.4) is 0 Å². The Labute approximate surface area is 267 Å². The molecule has 2 aromatic rings. The van der Waals surface area contributed by atoms with Gasteiger partial charge in [0.1, 0.15) is 6.04 Å². The highest BCUT2D eigenvalue weighted by molar-refractivity contribution is 7.92. The molecule has 1 saturated carbocycles. The molecule has 11 nitrogen and oxygen atoms in total. The van der Waals surface area contributed by atoms with E-state index in [2.05, 4.69) is 20.5 Å². The summed E-state index contributed by atoms with van der Waals surface area (Å²) < 4.78 is 25.2. The number of nitrogens with zero attached hydrogens (tertiary/aromatic N) is 2. The third kappa shape index (κ3) is 8.45. The number of aromatic amines is 1. The lowest BCUT2D eigenvalue weighted by Gasteiger charge is -2.47. The molecule has 45 heavy (non-hydrogen) atoms. The number of likely N-dealkylation sites (tertiary alicyclic amines) is 1. The smallest absolute Gasteiger partial charge is 0.326 e. The molecule has 1 saturated heterocycles. The van der Waals surface area contributed by atoms with Crippen LogP contribution < -0.4 is 16.3 Å². The molecule has 0 unspecified atom stereocenters. The van der Waals surface area contributed by atoms with Gasteiger partial charge < -0.3 is 20.7 Å². The highest BCUT2D eigenvalue weighted by Gasteiger charge is 2.47. The van der Waals surface area contributed by atoms with Crippen LogP contribution in [0.2, 0.25) is 0 Å². The van der Waals surface area contributed by atoms with Crippen LogP contribution in [-0.2, 0) is 25.8 Å². The first kappa shape index (κ1) is 34.9. The van der Waals surface area contributed by atoms with Crippen molar-refractivity contribution in [2.75, 3.05) is 19.3 Å². The highest BCUT2D eigenvalue weighted by Crippen LogP contribution is 2.39. The lowest BCUT2D eigenvalue weighted by Crippen LogP contribution is -2.61. The zero-order chi connectivity index (χ0) is 33.2. The van der Waals surface area contributed by atoms with Gasteiger partial charge in [0.25, 0.3) is 0 Å². The normalized spacial score (nSPS) is 23.4. The second-order valence-electron chi connectivity index (χ2n) is 14.6. The quantitative estimate of drug-likeness (QED) is 0.293. The number of imidazole rings is 1. The number of sulfone groups is 1. The summed E-state index contributed by atoms with van der Waals surface area (Å²) in [6.07, 6.45) is 8.14. The molecule has 2 fully saturated rings.